The number of nitrogens with zero attached hydrogens (tertiary/aromatic N) is 4. The van der Waals surface area contributed by atoms with Gasteiger partial charge in [-0.2, -0.15) is 15.1 Å². The second-order valence-corrected chi connectivity index (χ2v) is 8.84. The second-order valence-electron chi connectivity index (χ2n) is 7.88. The van der Waals surface area contributed by atoms with E-state index >= 15 is 0 Å². The molecule has 2 aliphatic heterocycles. The molecule has 34 heavy (non-hydrogen) atoms. The van der Waals surface area contributed by atoms with E-state index in [0.29, 0.717) is 16.8 Å². The Morgan fingerprint density at radius 2 is 1.82 bits per heavy atom. The third kappa shape index (κ3) is 3.86. The van der Waals surface area contributed by atoms with Crippen LogP contribution in [-0.2, 0) is 4.79 Å². The minimum Gasteiger partial charge on any atom is -0.494 e. The standard InChI is InChI=1S/C26H23N5O2S/c1-4-33-21-12-10-20(11-13-21)30-16(2)14-19(17(30)3)15-22-23(27)31-26(28-24(22)32)34-25(29-31)18-8-6-5-7-9-18/h5-15,27H,4H2,1-3H3/b22-15+,27-23?. The first-order valence-corrected chi connectivity index (χ1v) is 11.8. The van der Waals surface area contributed by atoms with E-state index in [4.69, 9.17) is 10.1 Å². The number of ether oxygens (including phenoxy) is 1. The molecule has 0 atom stereocenters. The molecule has 3 aromatic rings. The molecule has 0 aliphatic carbocycles. The van der Waals surface area contributed by atoms with Crippen LogP contribution < -0.4 is 4.74 Å². The number of hydrazone groups is 1. The highest BCUT2D eigenvalue weighted by molar-refractivity contribution is 8.27. The fourth-order valence-corrected chi connectivity index (χ4v) is 4.93. The highest BCUT2D eigenvalue weighted by atomic mass is 32.2. The third-order valence-electron chi connectivity index (χ3n) is 5.65. The fraction of sp³-hybridized carbons (Fsp3) is 0.154. The summed E-state index contributed by atoms with van der Waals surface area (Å²) in [4.78, 5) is 17.1. The number of thioether (sulfide) groups is 1. The molecule has 2 aliphatic rings. The Hall–Kier alpha value is -3.91. The number of benzene rings is 2. The molecule has 8 heteroatoms. The second kappa shape index (κ2) is 8.79. The van der Waals surface area contributed by atoms with Crippen LogP contribution in [-0.4, -0.2) is 38.1 Å². The van der Waals surface area contributed by atoms with Crippen molar-refractivity contribution in [2.24, 2.45) is 10.1 Å². The molecule has 0 unspecified atom stereocenters. The predicted molar refractivity (Wildman–Crippen MR) is 137 cm³/mol. The summed E-state index contributed by atoms with van der Waals surface area (Å²) >= 11 is 1.30. The Bertz CT molecular complexity index is 1380. The van der Waals surface area contributed by atoms with Gasteiger partial charge in [0, 0.05) is 22.6 Å². The van der Waals surface area contributed by atoms with E-state index in [1.165, 1.54) is 16.8 Å². The highest BCUT2D eigenvalue weighted by Gasteiger charge is 2.36. The quantitative estimate of drug-likeness (QED) is 0.523. The summed E-state index contributed by atoms with van der Waals surface area (Å²) in [5, 5.41) is 15.8. The van der Waals surface area contributed by atoms with Gasteiger partial charge in [0.2, 0.25) is 5.17 Å². The van der Waals surface area contributed by atoms with Crippen molar-refractivity contribution in [3.05, 3.63) is 88.8 Å². The molecule has 0 spiro atoms. The monoisotopic (exact) mass is 469 g/mol. The number of aromatic nitrogens is 1. The zero-order chi connectivity index (χ0) is 23.8. The Balaban J connectivity index is 1.48. The van der Waals surface area contributed by atoms with Gasteiger partial charge in [-0.25, -0.2) is 0 Å². The van der Waals surface area contributed by atoms with Gasteiger partial charge in [0.1, 0.15) is 10.8 Å². The third-order valence-corrected chi connectivity index (χ3v) is 6.61. The summed E-state index contributed by atoms with van der Waals surface area (Å²) in [5.41, 5.74) is 4.99. The molecule has 1 aromatic heterocycles. The molecule has 7 nitrogen and oxygen atoms in total. The van der Waals surface area contributed by atoms with Crippen LogP contribution in [0.4, 0.5) is 0 Å². The Morgan fingerprint density at radius 3 is 2.53 bits per heavy atom. The first kappa shape index (κ1) is 21.9. The van der Waals surface area contributed by atoms with Crippen LogP contribution in [0.5, 0.6) is 5.75 Å². The van der Waals surface area contributed by atoms with Crippen LogP contribution in [0.3, 0.4) is 0 Å². The molecule has 0 radical (unpaired) electrons. The summed E-state index contributed by atoms with van der Waals surface area (Å²) in [6.45, 7) is 6.59. The summed E-state index contributed by atoms with van der Waals surface area (Å²) in [5.74, 6) is 0.420. The normalized spacial score (nSPS) is 16.6. The van der Waals surface area contributed by atoms with E-state index in [2.05, 4.69) is 14.7 Å². The lowest BCUT2D eigenvalue weighted by molar-refractivity contribution is -0.114. The lowest BCUT2D eigenvalue weighted by Gasteiger charge is -2.20. The van der Waals surface area contributed by atoms with Gasteiger partial charge in [-0.05, 0) is 74.5 Å². The molecule has 1 amide bonds. The summed E-state index contributed by atoms with van der Waals surface area (Å²) in [6.07, 6.45) is 1.74. The zero-order valence-corrected chi connectivity index (χ0v) is 19.9. The molecule has 5 rings (SSSR count). The van der Waals surface area contributed by atoms with Crippen LogP contribution in [0.15, 0.2) is 76.3 Å². The molecule has 170 valence electrons. The van der Waals surface area contributed by atoms with Crippen molar-refractivity contribution in [2.75, 3.05) is 6.61 Å². The number of amidine groups is 2. The van der Waals surface area contributed by atoms with E-state index in [-0.39, 0.29) is 11.4 Å². The van der Waals surface area contributed by atoms with Crippen molar-refractivity contribution < 1.29 is 9.53 Å². The van der Waals surface area contributed by atoms with Crippen molar-refractivity contribution in [3.63, 3.8) is 0 Å². The number of carbonyl (C=O) groups is 1. The number of carbonyl (C=O) groups excluding carboxylic acids is 1. The topological polar surface area (TPSA) is 83.0 Å². The first-order valence-electron chi connectivity index (χ1n) is 10.9. The molecule has 0 fully saturated rings. The van der Waals surface area contributed by atoms with Gasteiger partial charge >= 0.3 is 0 Å². The number of nitrogens with one attached hydrogen (secondary N) is 1. The van der Waals surface area contributed by atoms with Gasteiger partial charge in [0.25, 0.3) is 5.91 Å². The van der Waals surface area contributed by atoms with Crippen LogP contribution in [0, 0.1) is 19.3 Å². The summed E-state index contributed by atoms with van der Waals surface area (Å²) < 4.78 is 7.66. The smallest absolute Gasteiger partial charge is 0.283 e. The maximum Gasteiger partial charge on any atom is 0.283 e. The largest absolute Gasteiger partial charge is 0.494 e. The fourth-order valence-electron chi connectivity index (χ4n) is 4.03. The van der Waals surface area contributed by atoms with Crippen LogP contribution in [0.1, 0.15) is 29.4 Å². The average Bonchev–Trinajstić information content (AvgIpc) is 3.38. The number of hydrogen-bond acceptors (Lipinski definition) is 5. The maximum atomic E-state index is 12.9. The minimum atomic E-state index is -0.431. The van der Waals surface area contributed by atoms with E-state index < -0.39 is 5.91 Å². The Kier molecular flexibility index (Phi) is 5.67. The number of aryl methyl sites for hydroxylation is 1. The first-order chi connectivity index (χ1) is 16.5. The van der Waals surface area contributed by atoms with E-state index in [9.17, 15) is 4.79 Å². The van der Waals surface area contributed by atoms with Gasteiger partial charge < -0.3 is 9.30 Å². The SMILES string of the molecule is CCOc1ccc(-n2c(C)cc(/C=C3\C(=N)N4N=C(c5ccccc5)SC4=NC3=O)c2C)cc1. The average molecular weight is 470 g/mol. The molecule has 0 saturated heterocycles. The van der Waals surface area contributed by atoms with Gasteiger partial charge in [-0.1, -0.05) is 30.3 Å². The lowest BCUT2D eigenvalue weighted by Crippen LogP contribution is -2.35. The number of aliphatic imine (C=N–C) groups is 1. The minimum absolute atomic E-state index is 0.0271. The van der Waals surface area contributed by atoms with Crippen molar-refractivity contribution in [1.29, 1.82) is 5.41 Å². The van der Waals surface area contributed by atoms with Gasteiger partial charge in [0.05, 0.1) is 12.2 Å². The molecule has 3 heterocycles. The summed E-state index contributed by atoms with van der Waals surface area (Å²) in [6, 6.07) is 19.6. The van der Waals surface area contributed by atoms with Gasteiger partial charge in [-0.15, -0.1) is 0 Å². The summed E-state index contributed by atoms with van der Waals surface area (Å²) in [7, 11) is 0. The van der Waals surface area contributed by atoms with Gasteiger partial charge in [0.15, 0.2) is 5.84 Å². The molecular weight excluding hydrogens is 446 g/mol. The highest BCUT2D eigenvalue weighted by Crippen LogP contribution is 2.32. The van der Waals surface area contributed by atoms with E-state index in [0.717, 1.165) is 34.0 Å². The van der Waals surface area contributed by atoms with E-state index in [1.54, 1.807) is 6.08 Å². The zero-order valence-electron chi connectivity index (χ0n) is 19.1. The van der Waals surface area contributed by atoms with Crippen molar-refractivity contribution >= 4 is 39.8 Å². The molecule has 2 aromatic carbocycles. The Morgan fingerprint density at radius 1 is 1.09 bits per heavy atom. The number of rotatable bonds is 5. The van der Waals surface area contributed by atoms with Crippen LogP contribution in [0.25, 0.3) is 11.8 Å². The lowest BCUT2D eigenvalue weighted by atomic mass is 10.1. The van der Waals surface area contributed by atoms with Crippen LogP contribution >= 0.6 is 11.8 Å². The molecular formula is C26H23N5O2S. The van der Waals surface area contributed by atoms with E-state index in [1.807, 2.05) is 81.4 Å². The number of fused-ring (bicyclic) bond motifs is 1. The number of hydrogen-bond donors (Lipinski definition) is 1. The molecule has 0 bridgehead atoms. The maximum absolute atomic E-state index is 12.9. The van der Waals surface area contributed by atoms with Gasteiger partial charge in [-0.3, -0.25) is 10.2 Å². The van der Waals surface area contributed by atoms with Crippen molar-refractivity contribution in [1.82, 2.24) is 9.58 Å². The van der Waals surface area contributed by atoms with Crippen LogP contribution in [0.2, 0.25) is 0 Å². The Labute approximate surface area is 202 Å². The molecule has 1 N–H and O–H groups in total. The van der Waals surface area contributed by atoms with Crippen molar-refractivity contribution in [2.45, 2.75) is 20.8 Å². The molecule has 0 saturated carbocycles. The predicted octanol–water partition coefficient (Wildman–Crippen LogP) is 5.16. The van der Waals surface area contributed by atoms with Crippen molar-refractivity contribution in [3.8, 4) is 11.4 Å². The number of amides is 1.